The summed E-state index contributed by atoms with van der Waals surface area (Å²) >= 11 is 0. The Kier molecular flexibility index (Phi) is 3.66. The van der Waals surface area contributed by atoms with Gasteiger partial charge in [0.2, 0.25) is 0 Å². The van der Waals surface area contributed by atoms with Gasteiger partial charge in [-0.05, 0) is 25.0 Å². The molecule has 0 aromatic carbocycles. The number of pyridine rings is 1. The molecule has 1 rings (SSSR count). The molecule has 1 unspecified atom stereocenters. The van der Waals surface area contributed by atoms with Gasteiger partial charge in [0.1, 0.15) is 17.3 Å². The largest absolute Gasteiger partial charge is 0.489 e. The highest BCUT2D eigenvalue weighted by Gasteiger charge is 2.08. The van der Waals surface area contributed by atoms with Crippen molar-refractivity contribution in [1.29, 1.82) is 5.41 Å². The van der Waals surface area contributed by atoms with E-state index in [9.17, 15) is 0 Å². The van der Waals surface area contributed by atoms with Crippen LogP contribution in [0, 0.1) is 11.3 Å². The van der Waals surface area contributed by atoms with Gasteiger partial charge in [0.25, 0.3) is 0 Å². The molecule has 82 valence electrons. The molecule has 0 aliphatic heterocycles. The summed E-state index contributed by atoms with van der Waals surface area (Å²) < 4.78 is 5.64. The lowest BCUT2D eigenvalue weighted by atomic mass is 10.1. The van der Waals surface area contributed by atoms with Gasteiger partial charge >= 0.3 is 0 Å². The van der Waals surface area contributed by atoms with Gasteiger partial charge in [0.05, 0.1) is 12.3 Å². The zero-order chi connectivity index (χ0) is 11.4. The lowest BCUT2D eigenvalue weighted by Crippen LogP contribution is -2.19. The van der Waals surface area contributed by atoms with Crippen molar-refractivity contribution in [3.63, 3.8) is 0 Å². The Morgan fingerprint density at radius 3 is 2.47 bits per heavy atom. The summed E-state index contributed by atoms with van der Waals surface area (Å²) in [5.74, 6) is 1.14. The predicted molar refractivity (Wildman–Crippen MR) is 60.2 cm³/mol. The Morgan fingerprint density at radius 2 is 2.07 bits per heavy atom. The first-order valence-corrected chi connectivity index (χ1v) is 4.98. The molecule has 0 fully saturated rings. The van der Waals surface area contributed by atoms with Crippen molar-refractivity contribution in [3.8, 4) is 5.75 Å². The van der Waals surface area contributed by atoms with Crippen LogP contribution < -0.4 is 10.5 Å². The quantitative estimate of drug-likeness (QED) is 0.584. The van der Waals surface area contributed by atoms with Crippen molar-refractivity contribution < 1.29 is 4.74 Å². The van der Waals surface area contributed by atoms with E-state index < -0.39 is 0 Å². The second-order valence-corrected chi connectivity index (χ2v) is 3.86. The van der Waals surface area contributed by atoms with Gasteiger partial charge in [-0.2, -0.15) is 0 Å². The smallest absolute Gasteiger partial charge is 0.141 e. The highest BCUT2D eigenvalue weighted by Crippen LogP contribution is 2.14. The molecule has 0 bridgehead atoms. The summed E-state index contributed by atoms with van der Waals surface area (Å²) in [5, 5.41) is 7.19. The molecular weight excluding hydrogens is 190 g/mol. The van der Waals surface area contributed by atoms with Crippen LogP contribution in [-0.4, -0.2) is 16.9 Å². The number of nitrogen functional groups attached to an aromatic ring is 1. The summed E-state index contributed by atoms with van der Waals surface area (Å²) in [5.41, 5.74) is 5.77. The maximum absolute atomic E-state index is 7.19. The number of nitrogens with zero attached hydrogens (tertiary/aromatic N) is 1. The van der Waals surface area contributed by atoms with Crippen molar-refractivity contribution in [2.24, 2.45) is 11.7 Å². The van der Waals surface area contributed by atoms with Crippen LogP contribution in [0.25, 0.3) is 0 Å². The third-order valence-corrected chi connectivity index (χ3v) is 2.27. The number of hydrogen-bond acceptors (Lipinski definition) is 3. The summed E-state index contributed by atoms with van der Waals surface area (Å²) in [7, 11) is 0. The van der Waals surface area contributed by atoms with Crippen LogP contribution in [0.15, 0.2) is 18.3 Å². The standard InChI is InChI=1S/C11H17N3O/c1-7(2)8(3)15-9-4-5-10(11(12)13)14-6-9/h4-8H,1-3H3,(H3,12,13). The molecule has 15 heavy (non-hydrogen) atoms. The number of hydrogen-bond donors (Lipinski definition) is 2. The highest BCUT2D eigenvalue weighted by molar-refractivity contribution is 5.92. The van der Waals surface area contributed by atoms with E-state index in [0.29, 0.717) is 17.4 Å². The van der Waals surface area contributed by atoms with E-state index in [0.717, 1.165) is 0 Å². The number of amidine groups is 1. The Balaban J connectivity index is 2.68. The minimum absolute atomic E-state index is 0.0292. The summed E-state index contributed by atoms with van der Waals surface area (Å²) in [4.78, 5) is 4.02. The molecule has 1 atom stereocenters. The third-order valence-electron chi connectivity index (χ3n) is 2.27. The molecule has 0 spiro atoms. The van der Waals surface area contributed by atoms with E-state index >= 15 is 0 Å². The predicted octanol–water partition coefficient (Wildman–Crippen LogP) is 1.79. The molecular formula is C11H17N3O. The van der Waals surface area contributed by atoms with E-state index in [1.807, 2.05) is 6.92 Å². The monoisotopic (exact) mass is 207 g/mol. The average Bonchev–Trinajstić information content (AvgIpc) is 2.18. The van der Waals surface area contributed by atoms with E-state index in [1.54, 1.807) is 18.3 Å². The van der Waals surface area contributed by atoms with Crippen molar-refractivity contribution in [2.75, 3.05) is 0 Å². The van der Waals surface area contributed by atoms with Crippen molar-refractivity contribution >= 4 is 5.84 Å². The molecule has 1 aromatic heterocycles. The molecule has 0 aliphatic carbocycles. The van der Waals surface area contributed by atoms with Crippen LogP contribution in [0.3, 0.4) is 0 Å². The number of aromatic nitrogens is 1. The third kappa shape index (κ3) is 3.23. The van der Waals surface area contributed by atoms with E-state index in [1.165, 1.54) is 0 Å². The van der Waals surface area contributed by atoms with Crippen LogP contribution >= 0.6 is 0 Å². The van der Waals surface area contributed by atoms with Gasteiger partial charge in [0, 0.05) is 0 Å². The fourth-order valence-corrected chi connectivity index (χ4v) is 0.960. The zero-order valence-corrected chi connectivity index (χ0v) is 9.32. The first-order valence-electron chi connectivity index (χ1n) is 4.98. The highest BCUT2D eigenvalue weighted by atomic mass is 16.5. The molecule has 0 aliphatic rings. The Hall–Kier alpha value is -1.58. The fraction of sp³-hybridized carbons (Fsp3) is 0.455. The Morgan fingerprint density at radius 1 is 1.40 bits per heavy atom. The van der Waals surface area contributed by atoms with Crippen LogP contribution in [0.4, 0.5) is 0 Å². The Labute approximate surface area is 90.0 Å². The number of nitrogens with one attached hydrogen (secondary N) is 1. The molecule has 4 nitrogen and oxygen atoms in total. The molecule has 1 heterocycles. The first-order chi connectivity index (χ1) is 7.00. The topological polar surface area (TPSA) is 72.0 Å². The first kappa shape index (κ1) is 11.5. The van der Waals surface area contributed by atoms with Crippen molar-refractivity contribution in [3.05, 3.63) is 24.0 Å². The fourth-order valence-electron chi connectivity index (χ4n) is 0.960. The number of nitrogens with two attached hydrogens (primary N) is 1. The van der Waals surface area contributed by atoms with Crippen LogP contribution in [0.1, 0.15) is 26.5 Å². The van der Waals surface area contributed by atoms with E-state index in [-0.39, 0.29) is 11.9 Å². The summed E-state index contributed by atoms with van der Waals surface area (Å²) in [6.45, 7) is 6.22. The van der Waals surface area contributed by atoms with E-state index in [2.05, 4.69) is 18.8 Å². The van der Waals surface area contributed by atoms with Crippen molar-refractivity contribution in [1.82, 2.24) is 4.98 Å². The second kappa shape index (κ2) is 4.77. The van der Waals surface area contributed by atoms with Crippen molar-refractivity contribution in [2.45, 2.75) is 26.9 Å². The van der Waals surface area contributed by atoms with Gasteiger partial charge in [0.15, 0.2) is 0 Å². The minimum Gasteiger partial charge on any atom is -0.489 e. The van der Waals surface area contributed by atoms with E-state index in [4.69, 9.17) is 15.9 Å². The normalized spacial score (nSPS) is 12.5. The van der Waals surface area contributed by atoms with Gasteiger partial charge < -0.3 is 10.5 Å². The molecule has 0 saturated carbocycles. The van der Waals surface area contributed by atoms with Gasteiger partial charge in [-0.25, -0.2) is 4.98 Å². The van der Waals surface area contributed by atoms with Gasteiger partial charge in [-0.1, -0.05) is 13.8 Å². The maximum Gasteiger partial charge on any atom is 0.141 e. The zero-order valence-electron chi connectivity index (χ0n) is 9.32. The number of ether oxygens (including phenoxy) is 1. The molecule has 4 heteroatoms. The lowest BCUT2D eigenvalue weighted by molar-refractivity contribution is 0.170. The minimum atomic E-state index is -0.0292. The SMILES string of the molecule is CC(C)C(C)Oc1ccc(C(=N)N)nc1. The molecule has 0 radical (unpaired) electrons. The second-order valence-electron chi connectivity index (χ2n) is 3.86. The average molecular weight is 207 g/mol. The van der Waals surface area contributed by atoms with Gasteiger partial charge in [-0.15, -0.1) is 0 Å². The maximum atomic E-state index is 7.19. The Bertz CT molecular complexity index is 332. The molecule has 0 saturated heterocycles. The van der Waals surface area contributed by atoms with Gasteiger partial charge in [-0.3, -0.25) is 5.41 Å². The van der Waals surface area contributed by atoms with Crippen LogP contribution in [0.5, 0.6) is 5.75 Å². The summed E-state index contributed by atoms with van der Waals surface area (Å²) in [6, 6.07) is 3.47. The molecule has 1 aromatic rings. The molecule has 3 N–H and O–H groups in total. The molecule has 0 amide bonds. The van der Waals surface area contributed by atoms with Crippen LogP contribution in [0.2, 0.25) is 0 Å². The summed E-state index contributed by atoms with van der Waals surface area (Å²) in [6.07, 6.45) is 1.74. The lowest BCUT2D eigenvalue weighted by Gasteiger charge is -2.17. The number of rotatable bonds is 4. The van der Waals surface area contributed by atoms with Crippen LogP contribution in [-0.2, 0) is 0 Å².